The minimum atomic E-state index is -0.688. The number of aryl methyl sites for hydroxylation is 1. The summed E-state index contributed by atoms with van der Waals surface area (Å²) in [5, 5.41) is 5.65. The molecule has 0 atom stereocenters. The van der Waals surface area contributed by atoms with Crippen LogP contribution in [0.3, 0.4) is 0 Å². The number of amides is 1. The molecule has 2 aromatic carbocycles. The molecule has 5 nitrogen and oxygen atoms in total. The quantitative estimate of drug-likeness (QED) is 0.273. The van der Waals surface area contributed by atoms with E-state index in [1.54, 1.807) is 18.7 Å². The van der Waals surface area contributed by atoms with Gasteiger partial charge in [0.1, 0.15) is 0 Å². The van der Waals surface area contributed by atoms with E-state index in [-0.39, 0.29) is 0 Å². The highest BCUT2D eigenvalue weighted by atomic mass is 32.2. The first-order valence-electron chi connectivity index (χ1n) is 8.60. The number of ketones is 1. The molecule has 0 aliphatic heterocycles. The average Bonchev–Trinajstić information content (AvgIpc) is 3.31. The fourth-order valence-electron chi connectivity index (χ4n) is 3.06. The molecule has 0 bridgehead atoms. The Morgan fingerprint density at radius 3 is 2.61 bits per heavy atom. The summed E-state index contributed by atoms with van der Waals surface area (Å²) in [5.74, 6) is -1.26. The van der Waals surface area contributed by atoms with Crippen molar-refractivity contribution in [3.8, 4) is 11.3 Å². The second kappa shape index (κ2) is 7.61. The first kappa shape index (κ1) is 18.5. The molecule has 0 saturated carbocycles. The topological polar surface area (TPSA) is 74.8 Å². The van der Waals surface area contributed by atoms with Crippen molar-refractivity contribution < 1.29 is 9.59 Å². The van der Waals surface area contributed by atoms with E-state index in [1.165, 1.54) is 16.2 Å². The number of para-hydroxylation sites is 1. The number of nitrogens with zero attached hydrogens (tertiary/aromatic N) is 1. The maximum Gasteiger partial charge on any atom is 0.298 e. The first-order chi connectivity index (χ1) is 13.6. The Hall–Kier alpha value is -2.90. The lowest BCUT2D eigenvalue weighted by Gasteiger charge is -2.02. The summed E-state index contributed by atoms with van der Waals surface area (Å²) >= 11 is 2.97. The van der Waals surface area contributed by atoms with Crippen molar-refractivity contribution >= 4 is 50.8 Å². The zero-order valence-electron chi connectivity index (χ0n) is 15.3. The number of H-pyrrole nitrogens is 1. The SMILES string of the molecule is CSc1ccc(-c2csc(NC(=O)C(=O)c3c(C)[nH]c4ccccc34)n2)cc1. The molecular weight excluding hydrogens is 390 g/mol. The van der Waals surface area contributed by atoms with Crippen LogP contribution in [0.15, 0.2) is 58.8 Å². The van der Waals surface area contributed by atoms with E-state index in [0.29, 0.717) is 16.4 Å². The molecule has 1 amide bonds. The van der Waals surface area contributed by atoms with Crippen LogP contribution in [0.2, 0.25) is 0 Å². The average molecular weight is 408 g/mol. The first-order valence-corrected chi connectivity index (χ1v) is 10.7. The molecule has 2 N–H and O–H groups in total. The van der Waals surface area contributed by atoms with Crippen molar-refractivity contribution in [3.63, 3.8) is 0 Å². The third kappa shape index (κ3) is 3.46. The number of thioether (sulfide) groups is 1. The minimum Gasteiger partial charge on any atom is -0.358 e. The van der Waals surface area contributed by atoms with E-state index in [1.807, 2.05) is 60.2 Å². The number of fused-ring (bicyclic) bond motifs is 1. The van der Waals surface area contributed by atoms with E-state index < -0.39 is 11.7 Å². The van der Waals surface area contributed by atoms with Crippen LogP contribution in [0.1, 0.15) is 16.1 Å². The third-order valence-electron chi connectivity index (χ3n) is 4.44. The molecule has 2 aromatic heterocycles. The highest BCUT2D eigenvalue weighted by Crippen LogP contribution is 2.27. The highest BCUT2D eigenvalue weighted by molar-refractivity contribution is 7.98. The predicted octanol–water partition coefficient (Wildman–Crippen LogP) is 5.14. The van der Waals surface area contributed by atoms with Gasteiger partial charge in [0.15, 0.2) is 5.13 Å². The van der Waals surface area contributed by atoms with Crippen molar-refractivity contribution in [2.75, 3.05) is 11.6 Å². The second-order valence-corrected chi connectivity index (χ2v) is 7.96. The maximum absolute atomic E-state index is 12.7. The Kier molecular flexibility index (Phi) is 5.02. The van der Waals surface area contributed by atoms with Crippen LogP contribution in [0, 0.1) is 6.92 Å². The zero-order valence-corrected chi connectivity index (χ0v) is 16.9. The van der Waals surface area contributed by atoms with Gasteiger partial charge < -0.3 is 4.98 Å². The summed E-state index contributed by atoms with van der Waals surface area (Å²) in [7, 11) is 0. The van der Waals surface area contributed by atoms with Crippen LogP contribution < -0.4 is 5.32 Å². The Morgan fingerprint density at radius 2 is 1.86 bits per heavy atom. The van der Waals surface area contributed by atoms with Gasteiger partial charge in [0.25, 0.3) is 11.7 Å². The van der Waals surface area contributed by atoms with E-state index in [2.05, 4.69) is 15.3 Å². The van der Waals surface area contributed by atoms with Crippen LogP contribution in [-0.2, 0) is 4.79 Å². The molecule has 7 heteroatoms. The van der Waals surface area contributed by atoms with Gasteiger partial charge in [-0.05, 0) is 31.4 Å². The van der Waals surface area contributed by atoms with Gasteiger partial charge in [0.2, 0.25) is 0 Å². The summed E-state index contributed by atoms with van der Waals surface area (Å²) in [6.07, 6.45) is 2.03. The normalized spacial score (nSPS) is 10.9. The van der Waals surface area contributed by atoms with Crippen LogP contribution in [-0.4, -0.2) is 27.9 Å². The van der Waals surface area contributed by atoms with Gasteiger partial charge in [-0.1, -0.05) is 30.3 Å². The Morgan fingerprint density at radius 1 is 1.11 bits per heavy atom. The molecule has 0 radical (unpaired) electrons. The number of rotatable bonds is 5. The highest BCUT2D eigenvalue weighted by Gasteiger charge is 2.23. The lowest BCUT2D eigenvalue weighted by Crippen LogP contribution is -2.23. The summed E-state index contributed by atoms with van der Waals surface area (Å²) in [5.41, 5.74) is 3.64. The number of carbonyl (C=O) groups is 2. The second-order valence-electron chi connectivity index (χ2n) is 6.22. The number of carbonyl (C=O) groups excluding carboxylic acids is 2. The van der Waals surface area contributed by atoms with Gasteiger partial charge in [0, 0.05) is 32.4 Å². The van der Waals surface area contributed by atoms with E-state index in [9.17, 15) is 9.59 Å². The molecule has 0 saturated heterocycles. The van der Waals surface area contributed by atoms with Gasteiger partial charge in [-0.15, -0.1) is 23.1 Å². The number of aromatic nitrogens is 2. The summed E-state index contributed by atoms with van der Waals surface area (Å²) in [6.45, 7) is 1.79. The lowest BCUT2D eigenvalue weighted by atomic mass is 10.1. The summed E-state index contributed by atoms with van der Waals surface area (Å²) < 4.78 is 0. The Balaban J connectivity index is 1.54. The number of Topliss-reactive ketones (excluding diaryl/α,β-unsaturated/α-hetero) is 1. The molecule has 0 fully saturated rings. The van der Waals surface area contributed by atoms with Crippen LogP contribution in [0.4, 0.5) is 5.13 Å². The fraction of sp³-hybridized carbons (Fsp3) is 0.0952. The van der Waals surface area contributed by atoms with E-state index in [4.69, 9.17) is 0 Å². The van der Waals surface area contributed by atoms with Crippen molar-refractivity contribution in [2.24, 2.45) is 0 Å². The van der Waals surface area contributed by atoms with Gasteiger partial charge in [0.05, 0.1) is 11.3 Å². The van der Waals surface area contributed by atoms with Gasteiger partial charge in [-0.2, -0.15) is 0 Å². The Bertz CT molecular complexity index is 1180. The summed E-state index contributed by atoms with van der Waals surface area (Å²) in [4.78, 5) is 34.0. The van der Waals surface area contributed by atoms with Crippen LogP contribution >= 0.6 is 23.1 Å². The molecule has 0 aliphatic rings. The monoisotopic (exact) mass is 407 g/mol. The molecule has 4 aromatic rings. The number of thiazole rings is 1. The van der Waals surface area contributed by atoms with Gasteiger partial charge >= 0.3 is 0 Å². The van der Waals surface area contributed by atoms with Crippen LogP contribution in [0.25, 0.3) is 22.2 Å². The van der Waals surface area contributed by atoms with Gasteiger partial charge in [-0.3, -0.25) is 14.9 Å². The largest absolute Gasteiger partial charge is 0.358 e. The molecule has 0 unspecified atom stereocenters. The van der Waals surface area contributed by atoms with Crippen molar-refractivity contribution in [2.45, 2.75) is 11.8 Å². The van der Waals surface area contributed by atoms with Crippen molar-refractivity contribution in [1.82, 2.24) is 9.97 Å². The molecule has 140 valence electrons. The lowest BCUT2D eigenvalue weighted by molar-refractivity contribution is -0.112. The van der Waals surface area contributed by atoms with E-state index >= 15 is 0 Å². The van der Waals surface area contributed by atoms with Crippen molar-refractivity contribution in [3.05, 3.63) is 65.2 Å². The zero-order chi connectivity index (χ0) is 19.7. The van der Waals surface area contributed by atoms with Crippen LogP contribution in [0.5, 0.6) is 0 Å². The minimum absolute atomic E-state index is 0.400. The molecule has 4 rings (SSSR count). The Labute approximate surface area is 170 Å². The van der Waals surface area contributed by atoms with Crippen molar-refractivity contribution in [1.29, 1.82) is 0 Å². The number of nitrogens with one attached hydrogen (secondary N) is 2. The standard InChI is InChI=1S/C21H17N3O2S2/c1-12-18(15-5-3-4-6-16(15)22-12)19(25)20(26)24-21-23-17(11-28-21)13-7-9-14(27-2)10-8-13/h3-11,22H,1-2H3,(H,23,24,26). The van der Waals surface area contributed by atoms with Gasteiger partial charge in [-0.25, -0.2) is 4.98 Å². The number of hydrogen-bond acceptors (Lipinski definition) is 5. The number of hydrogen-bond donors (Lipinski definition) is 2. The number of aromatic amines is 1. The molecule has 0 aliphatic carbocycles. The molecule has 0 spiro atoms. The molecule has 2 heterocycles. The molecule has 28 heavy (non-hydrogen) atoms. The molecular formula is C21H17N3O2S2. The third-order valence-corrected chi connectivity index (χ3v) is 5.94. The maximum atomic E-state index is 12.7. The smallest absolute Gasteiger partial charge is 0.298 e. The number of benzene rings is 2. The summed E-state index contributed by atoms with van der Waals surface area (Å²) in [6, 6.07) is 15.5. The van der Waals surface area contributed by atoms with E-state index in [0.717, 1.165) is 22.2 Å². The number of anilines is 1. The predicted molar refractivity (Wildman–Crippen MR) is 115 cm³/mol. The fourth-order valence-corrected chi connectivity index (χ4v) is 4.19.